The third-order valence-electron chi connectivity index (χ3n) is 10.0. The van der Waals surface area contributed by atoms with Crippen molar-refractivity contribution < 1.29 is 0 Å². The first-order chi connectivity index (χ1) is 22.5. The Morgan fingerprint density at radius 1 is 0.522 bits per heavy atom. The summed E-state index contributed by atoms with van der Waals surface area (Å²) >= 11 is 0. The van der Waals surface area contributed by atoms with Gasteiger partial charge in [-0.3, -0.25) is 0 Å². The van der Waals surface area contributed by atoms with Gasteiger partial charge in [0.1, 0.15) is 0 Å². The Morgan fingerprint density at radius 3 is 1.98 bits per heavy atom. The standard InChI is InChI=1S/C44H34N2/c1-29-18-22-32(23-19-29)45(33-24-20-31(21-25-33)36-13-8-11-30-10-4-5-12-35(30)36)34-26-27-41-38(28-34)37-14-9-16-40-43(37)46(41)42-17-7-6-15-39(42)44(40,2)3/h4-28H,1-3H3. The van der Waals surface area contributed by atoms with Gasteiger partial charge in [-0.15, -0.1) is 0 Å². The normalized spacial score (nSPS) is 13.3. The van der Waals surface area contributed by atoms with Crippen LogP contribution in [0.3, 0.4) is 0 Å². The van der Waals surface area contributed by atoms with Gasteiger partial charge in [-0.25, -0.2) is 0 Å². The van der Waals surface area contributed by atoms with Gasteiger partial charge in [0.15, 0.2) is 0 Å². The van der Waals surface area contributed by atoms with Crippen molar-refractivity contribution in [2.24, 2.45) is 0 Å². The molecule has 0 unspecified atom stereocenters. The summed E-state index contributed by atoms with van der Waals surface area (Å²) in [5.74, 6) is 0. The van der Waals surface area contributed by atoms with Gasteiger partial charge in [-0.2, -0.15) is 0 Å². The van der Waals surface area contributed by atoms with Crippen LogP contribution < -0.4 is 4.90 Å². The monoisotopic (exact) mass is 590 g/mol. The predicted octanol–water partition coefficient (Wildman–Crippen LogP) is 12.0. The zero-order valence-corrected chi connectivity index (χ0v) is 26.3. The molecule has 1 aliphatic rings. The van der Waals surface area contributed by atoms with Gasteiger partial charge in [-0.05, 0) is 88.5 Å². The maximum absolute atomic E-state index is 2.49. The molecule has 0 fully saturated rings. The highest BCUT2D eigenvalue weighted by atomic mass is 15.1. The quantitative estimate of drug-likeness (QED) is 0.198. The van der Waals surface area contributed by atoms with E-state index in [1.165, 1.54) is 66.1 Å². The van der Waals surface area contributed by atoms with Crippen LogP contribution in [0.5, 0.6) is 0 Å². The molecule has 0 atom stereocenters. The Labute approximate surface area is 269 Å². The number of para-hydroxylation sites is 2. The lowest BCUT2D eigenvalue weighted by Gasteiger charge is -2.34. The second kappa shape index (κ2) is 9.95. The fraction of sp³-hybridized carbons (Fsp3) is 0.0909. The maximum atomic E-state index is 2.49. The van der Waals surface area contributed by atoms with Crippen LogP contribution in [0.4, 0.5) is 17.1 Å². The number of benzene rings is 7. The lowest BCUT2D eigenvalue weighted by atomic mass is 9.75. The Morgan fingerprint density at radius 2 is 1.15 bits per heavy atom. The van der Waals surface area contributed by atoms with E-state index in [9.17, 15) is 0 Å². The van der Waals surface area contributed by atoms with E-state index in [4.69, 9.17) is 0 Å². The molecule has 8 aromatic rings. The molecule has 0 N–H and O–H groups in total. The largest absolute Gasteiger partial charge is 0.310 e. The fourth-order valence-corrected chi connectivity index (χ4v) is 7.70. The van der Waals surface area contributed by atoms with E-state index in [0.717, 1.165) is 17.1 Å². The number of fused-ring (bicyclic) bond motifs is 6. The van der Waals surface area contributed by atoms with Crippen LogP contribution in [0, 0.1) is 6.92 Å². The van der Waals surface area contributed by atoms with Crippen molar-refractivity contribution in [1.82, 2.24) is 4.57 Å². The van der Waals surface area contributed by atoms with Crippen molar-refractivity contribution in [3.8, 4) is 16.8 Å². The van der Waals surface area contributed by atoms with Gasteiger partial charge in [-0.1, -0.05) is 123 Å². The number of hydrogen-bond donors (Lipinski definition) is 0. The number of anilines is 3. The van der Waals surface area contributed by atoms with E-state index in [-0.39, 0.29) is 5.41 Å². The van der Waals surface area contributed by atoms with E-state index in [1.54, 1.807) is 0 Å². The molecule has 0 radical (unpaired) electrons. The van der Waals surface area contributed by atoms with Gasteiger partial charge in [0, 0.05) is 33.2 Å². The van der Waals surface area contributed by atoms with Gasteiger partial charge in [0.2, 0.25) is 0 Å². The van der Waals surface area contributed by atoms with Crippen LogP contribution in [0.15, 0.2) is 152 Å². The molecule has 220 valence electrons. The molecule has 1 aliphatic heterocycles. The molecule has 46 heavy (non-hydrogen) atoms. The first-order valence-electron chi connectivity index (χ1n) is 16.1. The van der Waals surface area contributed by atoms with Crippen LogP contribution in [0.25, 0.3) is 49.4 Å². The summed E-state index contributed by atoms with van der Waals surface area (Å²) in [6.45, 7) is 6.86. The van der Waals surface area contributed by atoms with Crippen LogP contribution >= 0.6 is 0 Å². The smallest absolute Gasteiger partial charge is 0.0582 e. The van der Waals surface area contributed by atoms with Gasteiger partial charge in [0.25, 0.3) is 0 Å². The highest BCUT2D eigenvalue weighted by Crippen LogP contribution is 2.48. The number of aryl methyl sites for hydroxylation is 1. The van der Waals surface area contributed by atoms with Crippen LogP contribution in [-0.4, -0.2) is 4.57 Å². The van der Waals surface area contributed by atoms with Gasteiger partial charge < -0.3 is 9.47 Å². The van der Waals surface area contributed by atoms with Crippen molar-refractivity contribution in [2.45, 2.75) is 26.2 Å². The van der Waals surface area contributed by atoms with Crippen LogP contribution in [-0.2, 0) is 5.41 Å². The van der Waals surface area contributed by atoms with E-state index < -0.39 is 0 Å². The summed E-state index contributed by atoms with van der Waals surface area (Å²) in [4.78, 5) is 2.39. The molecule has 9 rings (SSSR count). The van der Waals surface area contributed by atoms with Crippen molar-refractivity contribution in [3.63, 3.8) is 0 Å². The topological polar surface area (TPSA) is 8.17 Å². The van der Waals surface area contributed by atoms with Crippen molar-refractivity contribution in [2.75, 3.05) is 4.90 Å². The first kappa shape index (κ1) is 26.8. The molecule has 2 heterocycles. The second-order valence-electron chi connectivity index (χ2n) is 13.1. The van der Waals surface area contributed by atoms with E-state index in [2.05, 4.69) is 182 Å². The summed E-state index contributed by atoms with van der Waals surface area (Å²) in [5, 5.41) is 5.10. The third-order valence-corrected chi connectivity index (χ3v) is 10.0. The maximum Gasteiger partial charge on any atom is 0.0582 e. The van der Waals surface area contributed by atoms with E-state index >= 15 is 0 Å². The molecular weight excluding hydrogens is 556 g/mol. The SMILES string of the molecule is Cc1ccc(N(c2ccc(-c3cccc4ccccc34)cc2)c2ccc3c(c2)c2cccc4c2n3-c2ccccc2C4(C)C)cc1. The molecule has 0 aliphatic carbocycles. The minimum absolute atomic E-state index is 0.0803. The summed E-state index contributed by atoms with van der Waals surface area (Å²) < 4.78 is 2.49. The summed E-state index contributed by atoms with van der Waals surface area (Å²) in [6.07, 6.45) is 0. The molecular formula is C44H34N2. The molecule has 0 amide bonds. The zero-order chi connectivity index (χ0) is 31.0. The summed E-state index contributed by atoms with van der Waals surface area (Å²) in [6, 6.07) is 55.8. The second-order valence-corrected chi connectivity index (χ2v) is 13.1. The molecule has 0 bridgehead atoms. The van der Waals surface area contributed by atoms with Crippen LogP contribution in [0.1, 0.15) is 30.5 Å². The molecule has 0 spiro atoms. The Balaban J connectivity index is 1.24. The number of hydrogen-bond acceptors (Lipinski definition) is 1. The summed E-state index contributed by atoms with van der Waals surface area (Å²) in [7, 11) is 0. The average Bonchev–Trinajstić information content (AvgIpc) is 3.43. The Bertz CT molecular complexity index is 2440. The molecule has 1 aromatic heterocycles. The zero-order valence-electron chi connectivity index (χ0n) is 26.3. The number of aromatic nitrogens is 1. The average molecular weight is 591 g/mol. The minimum Gasteiger partial charge on any atom is -0.310 e. The van der Waals surface area contributed by atoms with E-state index in [1.807, 2.05) is 0 Å². The summed E-state index contributed by atoms with van der Waals surface area (Å²) in [5.41, 5.74) is 13.6. The van der Waals surface area contributed by atoms with Crippen molar-refractivity contribution in [1.29, 1.82) is 0 Å². The Hall–Kier alpha value is -5.60. The molecule has 2 heteroatoms. The first-order valence-corrected chi connectivity index (χ1v) is 16.1. The lowest BCUT2D eigenvalue weighted by Crippen LogP contribution is -2.26. The highest BCUT2D eigenvalue weighted by molar-refractivity contribution is 6.13. The number of rotatable bonds is 4. The molecule has 2 nitrogen and oxygen atoms in total. The van der Waals surface area contributed by atoms with Gasteiger partial charge in [0.05, 0.1) is 16.7 Å². The minimum atomic E-state index is -0.0803. The molecule has 0 saturated heterocycles. The third kappa shape index (κ3) is 3.90. The Kier molecular flexibility index (Phi) is 5.79. The fourth-order valence-electron chi connectivity index (χ4n) is 7.70. The number of nitrogens with zero attached hydrogens (tertiary/aromatic N) is 2. The highest BCUT2D eigenvalue weighted by Gasteiger charge is 2.34. The molecule has 0 saturated carbocycles. The van der Waals surface area contributed by atoms with Gasteiger partial charge >= 0.3 is 0 Å². The van der Waals surface area contributed by atoms with Crippen molar-refractivity contribution >= 4 is 49.6 Å². The molecule has 7 aromatic carbocycles. The van der Waals surface area contributed by atoms with Crippen molar-refractivity contribution in [3.05, 3.63) is 168 Å². The van der Waals surface area contributed by atoms with Crippen LogP contribution in [0.2, 0.25) is 0 Å². The van der Waals surface area contributed by atoms with E-state index in [0.29, 0.717) is 0 Å². The predicted molar refractivity (Wildman–Crippen MR) is 195 cm³/mol. The lowest BCUT2D eigenvalue weighted by molar-refractivity contribution is 0.630.